The summed E-state index contributed by atoms with van der Waals surface area (Å²) in [6.45, 7) is 1.98. The molecule has 0 heterocycles. The second-order valence-corrected chi connectivity index (χ2v) is 3.48. The molecular formula is C10H20N2O3. The van der Waals surface area contributed by atoms with Gasteiger partial charge in [-0.1, -0.05) is 32.6 Å². The smallest absolute Gasteiger partial charge is 0.262 e. The van der Waals surface area contributed by atoms with Crippen LogP contribution in [0.15, 0.2) is 0 Å². The fourth-order valence-electron chi connectivity index (χ4n) is 1.20. The Hall–Kier alpha value is -1.10. The quantitative estimate of drug-likeness (QED) is 0.321. The van der Waals surface area contributed by atoms with E-state index in [0.29, 0.717) is 6.42 Å². The van der Waals surface area contributed by atoms with Crippen molar-refractivity contribution in [2.75, 3.05) is 6.54 Å². The molecule has 0 atom stereocenters. The molecule has 0 bridgehead atoms. The van der Waals surface area contributed by atoms with Crippen molar-refractivity contribution in [1.82, 2.24) is 10.8 Å². The van der Waals surface area contributed by atoms with Crippen LogP contribution in [0.5, 0.6) is 0 Å². The van der Waals surface area contributed by atoms with Gasteiger partial charge in [-0.2, -0.15) is 0 Å². The topological polar surface area (TPSA) is 78.4 Å². The molecule has 15 heavy (non-hydrogen) atoms. The molecule has 0 aliphatic rings. The van der Waals surface area contributed by atoms with Gasteiger partial charge in [-0.3, -0.25) is 14.8 Å². The van der Waals surface area contributed by atoms with Gasteiger partial charge in [0.2, 0.25) is 5.91 Å². The molecule has 0 aromatic carbocycles. The summed E-state index contributed by atoms with van der Waals surface area (Å²) < 4.78 is 0. The van der Waals surface area contributed by atoms with Gasteiger partial charge in [0.25, 0.3) is 5.91 Å². The molecule has 5 heteroatoms. The fourth-order valence-corrected chi connectivity index (χ4v) is 1.20. The Morgan fingerprint density at radius 3 is 2.33 bits per heavy atom. The second-order valence-electron chi connectivity index (χ2n) is 3.48. The normalized spacial score (nSPS) is 9.73. The third-order valence-electron chi connectivity index (χ3n) is 2.08. The summed E-state index contributed by atoms with van der Waals surface area (Å²) in [5, 5.41) is 10.6. The minimum Gasteiger partial charge on any atom is -0.347 e. The number of carbonyl (C=O) groups is 2. The van der Waals surface area contributed by atoms with Crippen LogP contribution in [0.1, 0.15) is 45.4 Å². The van der Waals surface area contributed by atoms with Gasteiger partial charge in [-0.25, -0.2) is 5.48 Å². The summed E-state index contributed by atoms with van der Waals surface area (Å²) in [7, 11) is 0. The number of amides is 2. The van der Waals surface area contributed by atoms with Crippen LogP contribution in [-0.2, 0) is 9.59 Å². The minimum atomic E-state index is -0.602. The largest absolute Gasteiger partial charge is 0.347 e. The standard InChI is InChI=1S/C10H20N2O3/c1-2-3-4-5-6-7-9(13)11-8-10(14)12-15/h15H,2-8H2,1H3,(H,11,13)(H,12,14). The first-order valence-corrected chi connectivity index (χ1v) is 5.40. The van der Waals surface area contributed by atoms with Crippen molar-refractivity contribution in [2.45, 2.75) is 45.4 Å². The van der Waals surface area contributed by atoms with E-state index in [0.717, 1.165) is 19.3 Å². The van der Waals surface area contributed by atoms with Crippen LogP contribution in [-0.4, -0.2) is 23.6 Å². The minimum absolute atomic E-state index is 0.143. The van der Waals surface area contributed by atoms with Crippen molar-refractivity contribution in [2.24, 2.45) is 0 Å². The predicted molar refractivity (Wildman–Crippen MR) is 56.3 cm³/mol. The summed E-state index contributed by atoms with van der Waals surface area (Å²) in [6.07, 6.45) is 5.89. The van der Waals surface area contributed by atoms with Crippen molar-refractivity contribution < 1.29 is 14.8 Å². The highest BCUT2D eigenvalue weighted by Gasteiger charge is 2.03. The number of rotatable bonds is 8. The maximum Gasteiger partial charge on any atom is 0.262 e. The maximum atomic E-state index is 11.1. The number of hydrogen-bond donors (Lipinski definition) is 3. The first kappa shape index (κ1) is 13.9. The van der Waals surface area contributed by atoms with Crippen LogP contribution in [0.3, 0.4) is 0 Å². The van der Waals surface area contributed by atoms with Crippen molar-refractivity contribution in [3.8, 4) is 0 Å². The van der Waals surface area contributed by atoms with Crippen LogP contribution in [0.25, 0.3) is 0 Å². The van der Waals surface area contributed by atoms with E-state index in [2.05, 4.69) is 12.2 Å². The van der Waals surface area contributed by atoms with E-state index in [-0.39, 0.29) is 12.5 Å². The van der Waals surface area contributed by atoms with Crippen molar-refractivity contribution in [3.05, 3.63) is 0 Å². The summed E-state index contributed by atoms with van der Waals surface area (Å²) >= 11 is 0. The average molecular weight is 216 g/mol. The maximum absolute atomic E-state index is 11.1. The molecule has 2 amide bonds. The second kappa shape index (κ2) is 9.45. The van der Waals surface area contributed by atoms with Crippen LogP contribution in [0, 0.1) is 0 Å². The van der Waals surface area contributed by atoms with Crippen molar-refractivity contribution in [3.63, 3.8) is 0 Å². The Morgan fingerprint density at radius 1 is 1.07 bits per heavy atom. The summed E-state index contributed by atoms with van der Waals surface area (Å²) in [4.78, 5) is 21.7. The summed E-state index contributed by atoms with van der Waals surface area (Å²) in [6, 6.07) is 0. The lowest BCUT2D eigenvalue weighted by Crippen LogP contribution is -2.35. The number of nitrogens with one attached hydrogen (secondary N) is 2. The molecule has 0 saturated carbocycles. The summed E-state index contributed by atoms with van der Waals surface area (Å²) in [5.41, 5.74) is 1.45. The van der Waals surface area contributed by atoms with Crippen LogP contribution < -0.4 is 10.8 Å². The Balaban J connectivity index is 3.30. The number of carbonyl (C=O) groups excluding carboxylic acids is 2. The average Bonchev–Trinajstić information content (AvgIpc) is 2.25. The van der Waals surface area contributed by atoms with Gasteiger partial charge >= 0.3 is 0 Å². The van der Waals surface area contributed by atoms with Crippen molar-refractivity contribution >= 4 is 11.8 Å². The van der Waals surface area contributed by atoms with Gasteiger partial charge in [0, 0.05) is 6.42 Å². The molecule has 0 fully saturated rings. The third-order valence-corrected chi connectivity index (χ3v) is 2.08. The van der Waals surface area contributed by atoms with Gasteiger partial charge in [-0.05, 0) is 6.42 Å². The van der Waals surface area contributed by atoms with Gasteiger partial charge in [-0.15, -0.1) is 0 Å². The van der Waals surface area contributed by atoms with Crippen LogP contribution >= 0.6 is 0 Å². The van der Waals surface area contributed by atoms with Crippen molar-refractivity contribution in [1.29, 1.82) is 0 Å². The first-order chi connectivity index (χ1) is 7.20. The van der Waals surface area contributed by atoms with Gasteiger partial charge < -0.3 is 5.32 Å². The van der Waals surface area contributed by atoms with Gasteiger partial charge in [0.1, 0.15) is 0 Å². The molecule has 0 spiro atoms. The van der Waals surface area contributed by atoms with E-state index < -0.39 is 5.91 Å². The molecule has 0 unspecified atom stereocenters. The zero-order valence-electron chi connectivity index (χ0n) is 9.21. The lowest BCUT2D eigenvalue weighted by molar-refractivity contribution is -0.131. The molecule has 0 aliphatic carbocycles. The van der Waals surface area contributed by atoms with E-state index >= 15 is 0 Å². The third kappa shape index (κ3) is 9.21. The Bertz CT molecular complexity index is 195. The lowest BCUT2D eigenvalue weighted by atomic mass is 10.1. The summed E-state index contributed by atoms with van der Waals surface area (Å²) in [5.74, 6) is -0.746. The van der Waals surface area contributed by atoms with E-state index in [4.69, 9.17) is 5.21 Å². The molecule has 0 aromatic rings. The molecular weight excluding hydrogens is 196 g/mol. The van der Waals surface area contributed by atoms with E-state index in [1.165, 1.54) is 18.3 Å². The molecule has 5 nitrogen and oxygen atoms in total. The molecule has 0 saturated heterocycles. The lowest BCUT2D eigenvalue weighted by Gasteiger charge is -2.03. The molecule has 88 valence electrons. The Morgan fingerprint density at radius 2 is 1.73 bits per heavy atom. The molecule has 0 radical (unpaired) electrons. The molecule has 0 rings (SSSR count). The molecule has 0 aliphatic heterocycles. The van der Waals surface area contributed by atoms with E-state index in [1.54, 1.807) is 0 Å². The highest BCUT2D eigenvalue weighted by atomic mass is 16.5. The molecule has 0 aromatic heterocycles. The van der Waals surface area contributed by atoms with Gasteiger partial charge in [0.15, 0.2) is 0 Å². The number of hydroxylamine groups is 1. The SMILES string of the molecule is CCCCCCCC(=O)NCC(=O)NO. The predicted octanol–water partition coefficient (Wildman–Crippen LogP) is 0.968. The Labute approximate surface area is 90.2 Å². The number of hydrogen-bond acceptors (Lipinski definition) is 3. The fraction of sp³-hybridized carbons (Fsp3) is 0.800. The zero-order chi connectivity index (χ0) is 11.5. The van der Waals surface area contributed by atoms with Crippen LogP contribution in [0.2, 0.25) is 0 Å². The first-order valence-electron chi connectivity index (χ1n) is 5.40. The Kier molecular flexibility index (Phi) is 8.76. The van der Waals surface area contributed by atoms with E-state index in [1.807, 2.05) is 0 Å². The highest BCUT2D eigenvalue weighted by molar-refractivity contribution is 5.83. The van der Waals surface area contributed by atoms with Crippen LogP contribution in [0.4, 0.5) is 0 Å². The monoisotopic (exact) mass is 216 g/mol. The molecule has 3 N–H and O–H groups in total. The number of unbranched alkanes of at least 4 members (excludes halogenated alkanes) is 4. The highest BCUT2D eigenvalue weighted by Crippen LogP contribution is 2.04. The zero-order valence-corrected chi connectivity index (χ0v) is 9.21. The van der Waals surface area contributed by atoms with Gasteiger partial charge in [0.05, 0.1) is 6.54 Å². The van der Waals surface area contributed by atoms with E-state index in [9.17, 15) is 9.59 Å².